The molecule has 0 radical (unpaired) electrons. The molecule has 0 aliphatic carbocycles. The van der Waals surface area contributed by atoms with Crippen LogP contribution < -0.4 is 5.32 Å². The lowest BCUT2D eigenvalue weighted by Crippen LogP contribution is -2.03. The van der Waals surface area contributed by atoms with Crippen LogP contribution in [-0.4, -0.2) is 9.91 Å². The predicted molar refractivity (Wildman–Crippen MR) is 80.1 cm³/mol. The minimum absolute atomic E-state index is 0.0432. The summed E-state index contributed by atoms with van der Waals surface area (Å²) in [5.41, 5.74) is 1.04. The summed E-state index contributed by atoms with van der Waals surface area (Å²) in [5, 5.41) is 13.7. The number of hydrogen-bond donors (Lipinski definition) is 1. The first-order chi connectivity index (χ1) is 9.08. The summed E-state index contributed by atoms with van der Waals surface area (Å²) in [7, 11) is 0. The fourth-order valence-electron chi connectivity index (χ4n) is 1.48. The zero-order valence-electron chi connectivity index (χ0n) is 9.64. The van der Waals surface area contributed by atoms with E-state index in [9.17, 15) is 10.1 Å². The van der Waals surface area contributed by atoms with Gasteiger partial charge in [-0.25, -0.2) is 4.98 Å². The summed E-state index contributed by atoms with van der Waals surface area (Å²) in [5.74, 6) is 0.571. The van der Waals surface area contributed by atoms with Crippen molar-refractivity contribution in [2.75, 3.05) is 5.32 Å². The van der Waals surface area contributed by atoms with Crippen molar-refractivity contribution in [3.8, 4) is 0 Å². The monoisotopic (exact) mass is 385 g/mol. The number of nitro groups is 1. The van der Waals surface area contributed by atoms with Crippen LogP contribution in [0.3, 0.4) is 0 Å². The SMILES string of the molecule is O=[N+]([O-])c1cnc(NCc2ccccc2Br)c(Br)c1. The third-order valence-electron chi connectivity index (χ3n) is 2.44. The molecule has 0 aliphatic heterocycles. The first-order valence-corrected chi connectivity index (χ1v) is 6.94. The van der Waals surface area contributed by atoms with Crippen molar-refractivity contribution in [3.63, 3.8) is 0 Å². The Kier molecular flexibility index (Phi) is 4.49. The van der Waals surface area contributed by atoms with Gasteiger partial charge in [0.25, 0.3) is 5.69 Å². The van der Waals surface area contributed by atoms with Crippen molar-refractivity contribution in [1.82, 2.24) is 4.98 Å². The minimum atomic E-state index is -0.477. The molecule has 1 N–H and O–H groups in total. The number of halogens is 2. The van der Waals surface area contributed by atoms with Crippen LogP contribution in [-0.2, 0) is 6.54 Å². The van der Waals surface area contributed by atoms with Gasteiger partial charge in [-0.15, -0.1) is 0 Å². The Balaban J connectivity index is 2.12. The number of pyridine rings is 1. The molecular weight excluding hydrogens is 378 g/mol. The maximum absolute atomic E-state index is 10.6. The van der Waals surface area contributed by atoms with Crippen LogP contribution in [0.25, 0.3) is 0 Å². The van der Waals surface area contributed by atoms with Crippen molar-refractivity contribution in [1.29, 1.82) is 0 Å². The molecule has 0 saturated carbocycles. The molecule has 2 rings (SSSR count). The smallest absolute Gasteiger partial charge is 0.288 e. The Labute approximate surface area is 126 Å². The number of nitrogens with one attached hydrogen (secondary N) is 1. The van der Waals surface area contributed by atoms with E-state index in [0.717, 1.165) is 10.0 Å². The molecule has 7 heteroatoms. The first-order valence-electron chi connectivity index (χ1n) is 5.35. The normalized spacial score (nSPS) is 10.2. The van der Waals surface area contributed by atoms with Gasteiger partial charge in [-0.2, -0.15) is 0 Å². The molecule has 0 unspecified atom stereocenters. The van der Waals surface area contributed by atoms with Gasteiger partial charge in [-0.1, -0.05) is 34.1 Å². The number of hydrogen-bond acceptors (Lipinski definition) is 4. The summed E-state index contributed by atoms with van der Waals surface area (Å²) in [6.07, 6.45) is 1.23. The summed E-state index contributed by atoms with van der Waals surface area (Å²) in [4.78, 5) is 14.2. The van der Waals surface area contributed by atoms with Crippen LogP contribution in [0.2, 0.25) is 0 Å². The Hall–Kier alpha value is -1.47. The van der Waals surface area contributed by atoms with E-state index in [1.54, 1.807) is 0 Å². The van der Waals surface area contributed by atoms with Gasteiger partial charge in [0.2, 0.25) is 0 Å². The van der Waals surface area contributed by atoms with Gasteiger partial charge >= 0.3 is 0 Å². The number of nitrogens with zero attached hydrogens (tertiary/aromatic N) is 2. The van der Waals surface area contributed by atoms with Crippen LogP contribution in [0.1, 0.15) is 5.56 Å². The van der Waals surface area contributed by atoms with Crippen LogP contribution in [0.4, 0.5) is 11.5 Å². The predicted octanol–water partition coefficient (Wildman–Crippen LogP) is 4.13. The maximum atomic E-state index is 10.6. The first kappa shape index (κ1) is 14.0. The second-order valence-electron chi connectivity index (χ2n) is 3.73. The molecular formula is C12H9Br2N3O2. The van der Waals surface area contributed by atoms with Crippen LogP contribution in [0.5, 0.6) is 0 Å². The maximum Gasteiger partial charge on any atom is 0.288 e. The van der Waals surface area contributed by atoms with Gasteiger partial charge in [0, 0.05) is 17.1 Å². The summed E-state index contributed by atoms with van der Waals surface area (Å²) in [6.45, 7) is 0.574. The zero-order valence-corrected chi connectivity index (χ0v) is 12.8. The van der Waals surface area contributed by atoms with E-state index < -0.39 is 4.92 Å². The highest BCUT2D eigenvalue weighted by Crippen LogP contribution is 2.25. The Morgan fingerprint density at radius 1 is 1.26 bits per heavy atom. The molecule has 2 aromatic rings. The van der Waals surface area contributed by atoms with E-state index in [4.69, 9.17) is 0 Å². The van der Waals surface area contributed by atoms with Crippen LogP contribution >= 0.6 is 31.9 Å². The largest absolute Gasteiger partial charge is 0.365 e. The van der Waals surface area contributed by atoms with Crippen molar-refractivity contribution in [3.05, 3.63) is 61.2 Å². The number of benzene rings is 1. The van der Waals surface area contributed by atoms with E-state index in [0.29, 0.717) is 16.8 Å². The lowest BCUT2D eigenvalue weighted by molar-refractivity contribution is -0.385. The fraction of sp³-hybridized carbons (Fsp3) is 0.0833. The lowest BCUT2D eigenvalue weighted by atomic mass is 10.2. The number of anilines is 1. The topological polar surface area (TPSA) is 68.1 Å². The quantitative estimate of drug-likeness (QED) is 0.633. The van der Waals surface area contributed by atoms with Crippen molar-refractivity contribution in [2.24, 2.45) is 0 Å². The van der Waals surface area contributed by atoms with E-state index in [2.05, 4.69) is 42.2 Å². The second-order valence-corrected chi connectivity index (χ2v) is 5.43. The fourth-order valence-corrected chi connectivity index (χ4v) is 2.38. The molecule has 0 amide bonds. The van der Waals surface area contributed by atoms with Crippen molar-refractivity contribution in [2.45, 2.75) is 6.54 Å². The molecule has 0 bridgehead atoms. The molecule has 5 nitrogen and oxygen atoms in total. The van der Waals surface area contributed by atoms with E-state index in [1.165, 1.54) is 12.3 Å². The van der Waals surface area contributed by atoms with Gasteiger partial charge in [-0.3, -0.25) is 10.1 Å². The van der Waals surface area contributed by atoms with E-state index in [1.807, 2.05) is 24.3 Å². The van der Waals surface area contributed by atoms with Crippen molar-refractivity contribution < 1.29 is 4.92 Å². The van der Waals surface area contributed by atoms with Crippen molar-refractivity contribution >= 4 is 43.4 Å². The highest BCUT2D eigenvalue weighted by molar-refractivity contribution is 9.10. The molecule has 0 spiro atoms. The Morgan fingerprint density at radius 2 is 2.00 bits per heavy atom. The van der Waals surface area contributed by atoms with Gasteiger partial charge in [0.1, 0.15) is 12.0 Å². The number of aromatic nitrogens is 1. The van der Waals surface area contributed by atoms with Gasteiger partial charge in [0.15, 0.2) is 0 Å². The Morgan fingerprint density at radius 3 is 2.63 bits per heavy atom. The van der Waals surface area contributed by atoms with Crippen LogP contribution in [0, 0.1) is 10.1 Å². The molecule has 0 fully saturated rings. The summed E-state index contributed by atoms with van der Waals surface area (Å²) < 4.78 is 1.56. The van der Waals surface area contributed by atoms with Gasteiger partial charge in [0.05, 0.1) is 9.40 Å². The highest BCUT2D eigenvalue weighted by Gasteiger charge is 2.10. The Bertz CT molecular complexity index is 620. The van der Waals surface area contributed by atoms with Crippen LogP contribution in [0.15, 0.2) is 45.5 Å². The molecule has 0 aliphatic rings. The lowest BCUT2D eigenvalue weighted by Gasteiger charge is -2.08. The zero-order chi connectivity index (χ0) is 13.8. The number of rotatable bonds is 4. The third-order valence-corrected chi connectivity index (χ3v) is 3.82. The average molecular weight is 387 g/mol. The molecule has 98 valence electrons. The second kappa shape index (κ2) is 6.12. The molecule has 0 atom stereocenters. The average Bonchev–Trinajstić information content (AvgIpc) is 2.39. The standard InChI is InChI=1S/C12H9Br2N3O2/c13-10-4-2-1-3-8(10)6-15-12-11(14)5-9(7-16-12)17(18)19/h1-5,7H,6H2,(H,15,16). The third kappa shape index (κ3) is 3.51. The minimum Gasteiger partial charge on any atom is -0.365 e. The summed E-state index contributed by atoms with van der Waals surface area (Å²) in [6, 6.07) is 9.24. The van der Waals surface area contributed by atoms with E-state index >= 15 is 0 Å². The molecule has 19 heavy (non-hydrogen) atoms. The van der Waals surface area contributed by atoms with E-state index in [-0.39, 0.29) is 5.69 Å². The molecule has 1 heterocycles. The summed E-state index contributed by atoms with van der Waals surface area (Å²) >= 11 is 6.72. The van der Waals surface area contributed by atoms with Gasteiger partial charge < -0.3 is 5.32 Å². The highest BCUT2D eigenvalue weighted by atomic mass is 79.9. The van der Waals surface area contributed by atoms with Gasteiger partial charge in [-0.05, 0) is 27.6 Å². The molecule has 1 aromatic heterocycles. The molecule has 0 saturated heterocycles. The molecule has 1 aromatic carbocycles.